The molecule has 4 heteroatoms. The zero-order valence-electron chi connectivity index (χ0n) is 3.50. The number of hydrogen-bond donors (Lipinski definition) is 0. The number of hydrogen-bond acceptors (Lipinski definition) is 1. The van der Waals surface area contributed by atoms with Crippen molar-refractivity contribution in [1.29, 1.82) is 0 Å². The Bertz CT molecular complexity index is 139. The van der Waals surface area contributed by atoms with E-state index in [0.717, 1.165) is 0 Å². The Labute approximate surface area is 42.9 Å². The molecule has 4 unspecified atom stereocenters. The molecular formula is C3H4FNOS. The normalized spacial score (nSPS) is 65.9. The van der Waals surface area contributed by atoms with E-state index in [1.807, 2.05) is 0 Å². The fraction of sp³-hybridized carbons (Fsp3) is 1.00. The first-order valence-electron chi connectivity index (χ1n) is 2.12. The van der Waals surface area contributed by atoms with Crippen molar-refractivity contribution < 1.29 is 8.60 Å². The highest BCUT2D eigenvalue weighted by molar-refractivity contribution is 7.90. The van der Waals surface area contributed by atoms with Crippen LogP contribution in [0.3, 0.4) is 0 Å². The Morgan fingerprint density at radius 3 is 2.57 bits per heavy atom. The number of halogens is 1. The Morgan fingerprint density at radius 2 is 2.57 bits per heavy atom. The molecule has 2 aliphatic heterocycles. The second-order valence-corrected chi connectivity index (χ2v) is 3.29. The maximum absolute atomic E-state index is 12.0. The van der Waals surface area contributed by atoms with Gasteiger partial charge >= 0.3 is 0 Å². The van der Waals surface area contributed by atoms with Crippen LogP contribution in [0.15, 0.2) is 0 Å². The van der Waals surface area contributed by atoms with E-state index in [1.165, 1.54) is 0 Å². The summed E-state index contributed by atoms with van der Waals surface area (Å²) in [7, 11) is -0.911. The van der Waals surface area contributed by atoms with Crippen LogP contribution in [0, 0.1) is 0 Å². The maximum Gasteiger partial charge on any atom is 0.145 e. The second-order valence-electron chi connectivity index (χ2n) is 1.78. The largest absolute Gasteiger partial charge is 0.243 e. The van der Waals surface area contributed by atoms with E-state index in [0.29, 0.717) is 6.54 Å². The lowest BCUT2D eigenvalue weighted by Gasteiger charge is -2.11. The lowest BCUT2D eigenvalue weighted by molar-refractivity contribution is 0.180. The van der Waals surface area contributed by atoms with E-state index < -0.39 is 17.2 Å². The Balaban J connectivity index is 2.18. The van der Waals surface area contributed by atoms with Gasteiger partial charge in [0, 0.05) is 6.54 Å². The van der Waals surface area contributed by atoms with E-state index in [4.69, 9.17) is 0 Å². The molecule has 0 bridgehead atoms. The standard InChI is InChI=1S/C3H4FNOS/c4-2-1-5-3(2)7(5)6/h2-3H,1H2. The summed E-state index contributed by atoms with van der Waals surface area (Å²) >= 11 is 0. The van der Waals surface area contributed by atoms with Crippen molar-refractivity contribution in [1.82, 2.24) is 4.31 Å². The Morgan fingerprint density at radius 1 is 1.86 bits per heavy atom. The summed E-state index contributed by atoms with van der Waals surface area (Å²) in [5.74, 6) is 0. The summed E-state index contributed by atoms with van der Waals surface area (Å²) in [6.45, 7) is 0.400. The van der Waals surface area contributed by atoms with E-state index >= 15 is 0 Å². The summed E-state index contributed by atoms with van der Waals surface area (Å²) in [5, 5.41) is -0.194. The van der Waals surface area contributed by atoms with Crippen LogP contribution in [0.5, 0.6) is 0 Å². The third-order valence-corrected chi connectivity index (χ3v) is 2.93. The molecule has 40 valence electrons. The predicted molar refractivity (Wildman–Crippen MR) is 23.5 cm³/mol. The van der Waals surface area contributed by atoms with Gasteiger partial charge < -0.3 is 0 Å². The van der Waals surface area contributed by atoms with Crippen LogP contribution in [0.4, 0.5) is 4.39 Å². The summed E-state index contributed by atoms with van der Waals surface area (Å²) in [6.07, 6.45) is -0.791. The topological polar surface area (TPSA) is 20.1 Å². The first-order valence-corrected chi connectivity index (χ1v) is 3.29. The molecule has 0 amide bonds. The molecule has 2 nitrogen and oxygen atoms in total. The fourth-order valence-electron chi connectivity index (χ4n) is 0.793. The first-order chi connectivity index (χ1) is 3.30. The third-order valence-electron chi connectivity index (χ3n) is 1.34. The summed E-state index contributed by atoms with van der Waals surface area (Å²) in [5.41, 5.74) is 0. The first kappa shape index (κ1) is 3.97. The van der Waals surface area contributed by atoms with Gasteiger partial charge in [-0.05, 0) is 0 Å². The smallest absolute Gasteiger partial charge is 0.145 e. The second kappa shape index (κ2) is 0.902. The fourth-order valence-corrected chi connectivity index (χ4v) is 2.11. The average molecular weight is 121 g/mol. The van der Waals surface area contributed by atoms with Crippen molar-refractivity contribution in [3.8, 4) is 0 Å². The van der Waals surface area contributed by atoms with Gasteiger partial charge in [-0.2, -0.15) is 0 Å². The van der Waals surface area contributed by atoms with Gasteiger partial charge in [0.05, 0.1) is 0 Å². The summed E-state index contributed by atoms with van der Waals surface area (Å²) in [4.78, 5) is 0. The van der Waals surface area contributed by atoms with Crippen LogP contribution in [0.1, 0.15) is 0 Å². The maximum atomic E-state index is 12.0. The van der Waals surface area contributed by atoms with Gasteiger partial charge in [0.1, 0.15) is 22.5 Å². The molecule has 0 saturated carbocycles. The molecule has 0 radical (unpaired) electrons. The third kappa shape index (κ3) is 0.303. The van der Waals surface area contributed by atoms with Crippen molar-refractivity contribution in [2.75, 3.05) is 6.54 Å². The highest BCUT2D eigenvalue weighted by Crippen LogP contribution is 2.40. The molecule has 0 aromatic carbocycles. The molecular weight excluding hydrogens is 117 g/mol. The molecule has 2 fully saturated rings. The van der Waals surface area contributed by atoms with E-state index in [2.05, 4.69) is 0 Å². The highest BCUT2D eigenvalue weighted by atomic mass is 32.2. The van der Waals surface area contributed by atoms with Crippen LogP contribution in [0.2, 0.25) is 0 Å². The minimum atomic E-state index is -0.911. The highest BCUT2D eigenvalue weighted by Gasteiger charge is 2.61. The van der Waals surface area contributed by atoms with Gasteiger partial charge in [-0.1, -0.05) is 0 Å². The Hall–Kier alpha value is 0.0400. The summed E-state index contributed by atoms with van der Waals surface area (Å²) < 4.78 is 23.9. The SMILES string of the molecule is O=S1C2C(F)CN21. The molecule has 4 atom stereocenters. The molecule has 2 saturated heterocycles. The van der Waals surface area contributed by atoms with Gasteiger partial charge in [0.15, 0.2) is 0 Å². The monoisotopic (exact) mass is 121 g/mol. The van der Waals surface area contributed by atoms with Gasteiger partial charge in [-0.3, -0.25) is 0 Å². The molecule has 2 rings (SSSR count). The van der Waals surface area contributed by atoms with Crippen molar-refractivity contribution >= 4 is 11.0 Å². The number of alkyl halides is 1. The van der Waals surface area contributed by atoms with Crippen molar-refractivity contribution in [3.63, 3.8) is 0 Å². The van der Waals surface area contributed by atoms with Crippen LogP contribution in [-0.4, -0.2) is 26.6 Å². The molecule has 0 spiro atoms. The molecule has 0 N–H and O–H groups in total. The minimum absolute atomic E-state index is 0.194. The van der Waals surface area contributed by atoms with E-state index in [9.17, 15) is 8.60 Å². The van der Waals surface area contributed by atoms with Crippen molar-refractivity contribution in [2.45, 2.75) is 11.5 Å². The van der Waals surface area contributed by atoms with Crippen molar-refractivity contribution in [2.24, 2.45) is 0 Å². The van der Waals surface area contributed by atoms with Crippen LogP contribution >= 0.6 is 0 Å². The van der Waals surface area contributed by atoms with Gasteiger partial charge in [-0.15, -0.1) is 0 Å². The number of nitrogens with zero attached hydrogens (tertiary/aromatic N) is 1. The number of rotatable bonds is 0. The molecule has 0 aromatic heterocycles. The zero-order chi connectivity index (χ0) is 5.02. The predicted octanol–water partition coefficient (Wildman–Crippen LogP) is -0.356. The van der Waals surface area contributed by atoms with E-state index in [-0.39, 0.29) is 5.37 Å². The lowest BCUT2D eigenvalue weighted by Crippen LogP contribution is -2.33. The van der Waals surface area contributed by atoms with Crippen LogP contribution in [0.25, 0.3) is 0 Å². The average Bonchev–Trinajstić information content (AvgIpc) is 2.07. The number of fused-ring (bicyclic) bond motifs is 1. The molecule has 0 aliphatic carbocycles. The molecule has 7 heavy (non-hydrogen) atoms. The van der Waals surface area contributed by atoms with Crippen LogP contribution < -0.4 is 0 Å². The van der Waals surface area contributed by atoms with Crippen molar-refractivity contribution in [3.05, 3.63) is 0 Å². The quantitative estimate of drug-likeness (QED) is 0.401. The van der Waals surface area contributed by atoms with Gasteiger partial charge in [0.2, 0.25) is 0 Å². The Kier molecular flexibility index (Phi) is 0.512. The molecule has 2 aliphatic rings. The molecule has 2 heterocycles. The van der Waals surface area contributed by atoms with E-state index in [1.54, 1.807) is 4.31 Å². The van der Waals surface area contributed by atoms with Crippen LogP contribution in [-0.2, 0) is 11.0 Å². The minimum Gasteiger partial charge on any atom is -0.243 e. The van der Waals surface area contributed by atoms with Gasteiger partial charge in [-0.25, -0.2) is 12.9 Å². The molecule has 0 aromatic rings. The summed E-state index contributed by atoms with van der Waals surface area (Å²) in [6, 6.07) is 0. The lowest BCUT2D eigenvalue weighted by atomic mass is 10.3. The van der Waals surface area contributed by atoms with Gasteiger partial charge in [0.25, 0.3) is 0 Å². The zero-order valence-corrected chi connectivity index (χ0v) is 4.32.